The molecule has 1 N–H and O–H groups in total. The van der Waals surface area contributed by atoms with Crippen molar-refractivity contribution in [1.82, 2.24) is 15.3 Å². The lowest BCUT2D eigenvalue weighted by Gasteiger charge is -2.35. The summed E-state index contributed by atoms with van der Waals surface area (Å²) in [6.45, 7) is 0.728. The highest BCUT2D eigenvalue weighted by atomic mass is 79.9. The van der Waals surface area contributed by atoms with Gasteiger partial charge in [-0.15, -0.1) is 0 Å². The molecule has 1 fully saturated rings. The quantitative estimate of drug-likeness (QED) is 0.869. The lowest BCUT2D eigenvalue weighted by Crippen LogP contribution is -2.40. The standard InChI is InChI=1S/C13H18BrN3O/c14-8-13(4-2-1-3-5-13)9-17-12(18)11-6-15-10-16-7-11/h6-7,10H,1-5,8-9H2,(H,17,18). The number of hydrogen-bond acceptors (Lipinski definition) is 3. The van der Waals surface area contributed by atoms with Crippen LogP contribution >= 0.6 is 15.9 Å². The van der Waals surface area contributed by atoms with E-state index in [1.165, 1.54) is 38.4 Å². The van der Waals surface area contributed by atoms with Crippen molar-refractivity contribution in [2.24, 2.45) is 5.41 Å². The van der Waals surface area contributed by atoms with Crippen molar-refractivity contribution in [1.29, 1.82) is 0 Å². The lowest BCUT2D eigenvalue weighted by atomic mass is 9.75. The summed E-state index contributed by atoms with van der Waals surface area (Å²) in [6.07, 6.45) is 10.7. The number of carbonyl (C=O) groups is 1. The van der Waals surface area contributed by atoms with E-state index >= 15 is 0 Å². The minimum absolute atomic E-state index is 0.0819. The van der Waals surface area contributed by atoms with Gasteiger partial charge in [0.25, 0.3) is 5.91 Å². The Labute approximate surface area is 116 Å². The van der Waals surface area contributed by atoms with Crippen LogP contribution in [0.1, 0.15) is 42.5 Å². The van der Waals surface area contributed by atoms with E-state index in [1.807, 2.05) is 0 Å². The van der Waals surface area contributed by atoms with Gasteiger partial charge in [-0.05, 0) is 18.3 Å². The highest BCUT2D eigenvalue weighted by Gasteiger charge is 2.31. The van der Waals surface area contributed by atoms with Crippen LogP contribution in [-0.2, 0) is 0 Å². The molecule has 0 aliphatic heterocycles. The Balaban J connectivity index is 1.92. The van der Waals surface area contributed by atoms with Gasteiger partial charge in [0.15, 0.2) is 0 Å². The molecule has 0 aromatic carbocycles. The number of nitrogens with zero attached hydrogens (tertiary/aromatic N) is 2. The average molecular weight is 312 g/mol. The predicted octanol–water partition coefficient (Wildman–Crippen LogP) is 2.55. The van der Waals surface area contributed by atoms with Gasteiger partial charge in [-0.3, -0.25) is 4.79 Å². The van der Waals surface area contributed by atoms with Crippen molar-refractivity contribution >= 4 is 21.8 Å². The van der Waals surface area contributed by atoms with Crippen molar-refractivity contribution in [3.05, 3.63) is 24.3 Å². The zero-order chi connectivity index (χ0) is 12.8. The first-order chi connectivity index (χ1) is 8.76. The highest BCUT2D eigenvalue weighted by molar-refractivity contribution is 9.09. The highest BCUT2D eigenvalue weighted by Crippen LogP contribution is 2.37. The second-order valence-corrected chi connectivity index (χ2v) is 5.56. The van der Waals surface area contributed by atoms with Crippen LogP contribution in [0.5, 0.6) is 0 Å². The van der Waals surface area contributed by atoms with Crippen molar-refractivity contribution in [3.8, 4) is 0 Å². The van der Waals surface area contributed by atoms with Gasteiger partial charge in [-0.25, -0.2) is 9.97 Å². The van der Waals surface area contributed by atoms with Crippen LogP contribution in [0.2, 0.25) is 0 Å². The zero-order valence-electron chi connectivity index (χ0n) is 10.4. The molecule has 1 aromatic heterocycles. The first-order valence-electron chi connectivity index (χ1n) is 6.35. The molecule has 0 atom stereocenters. The lowest BCUT2D eigenvalue weighted by molar-refractivity contribution is 0.0921. The van der Waals surface area contributed by atoms with Crippen LogP contribution in [0.15, 0.2) is 18.7 Å². The van der Waals surface area contributed by atoms with Crippen molar-refractivity contribution in [3.63, 3.8) is 0 Å². The van der Waals surface area contributed by atoms with Gasteiger partial charge in [0.1, 0.15) is 6.33 Å². The van der Waals surface area contributed by atoms with E-state index in [1.54, 1.807) is 12.4 Å². The number of alkyl halides is 1. The molecule has 0 bridgehead atoms. The molecule has 1 amide bonds. The molecule has 0 spiro atoms. The summed E-state index contributed by atoms with van der Waals surface area (Å²) in [4.78, 5) is 19.7. The number of nitrogens with one attached hydrogen (secondary N) is 1. The Hall–Kier alpha value is -0.970. The first kappa shape index (κ1) is 13.5. The van der Waals surface area contributed by atoms with E-state index in [0.717, 1.165) is 11.9 Å². The number of rotatable bonds is 4. The Bertz CT molecular complexity index is 390. The van der Waals surface area contributed by atoms with Crippen molar-refractivity contribution in [2.75, 3.05) is 11.9 Å². The van der Waals surface area contributed by atoms with Gasteiger partial charge >= 0.3 is 0 Å². The van der Waals surface area contributed by atoms with E-state index in [0.29, 0.717) is 5.56 Å². The third kappa shape index (κ3) is 3.28. The molecule has 1 aliphatic carbocycles. The summed E-state index contributed by atoms with van der Waals surface area (Å²) in [5, 5.41) is 3.96. The second-order valence-electron chi connectivity index (χ2n) is 5.00. The van der Waals surface area contributed by atoms with Gasteiger partial charge in [0, 0.05) is 24.3 Å². The summed E-state index contributed by atoms with van der Waals surface area (Å²) >= 11 is 3.60. The summed E-state index contributed by atoms with van der Waals surface area (Å²) in [5.74, 6) is -0.0819. The molecular formula is C13H18BrN3O. The van der Waals surface area contributed by atoms with Crippen LogP contribution in [0, 0.1) is 5.41 Å². The van der Waals surface area contributed by atoms with Crippen LogP contribution < -0.4 is 5.32 Å². The van der Waals surface area contributed by atoms with Crippen molar-refractivity contribution < 1.29 is 4.79 Å². The molecule has 0 unspecified atom stereocenters. The third-order valence-corrected chi connectivity index (χ3v) is 4.83. The van der Waals surface area contributed by atoms with Gasteiger partial charge in [0.05, 0.1) is 5.56 Å². The van der Waals surface area contributed by atoms with Gasteiger partial charge in [0.2, 0.25) is 0 Å². The third-order valence-electron chi connectivity index (χ3n) is 3.64. The maximum atomic E-state index is 11.9. The first-order valence-corrected chi connectivity index (χ1v) is 7.47. The molecule has 1 aliphatic rings. The van der Waals surface area contributed by atoms with Crippen LogP contribution in [0.4, 0.5) is 0 Å². The zero-order valence-corrected chi connectivity index (χ0v) is 11.9. The molecule has 2 rings (SSSR count). The predicted molar refractivity (Wildman–Crippen MR) is 73.7 cm³/mol. The number of amides is 1. The molecule has 0 saturated heterocycles. The molecule has 1 heterocycles. The molecule has 1 saturated carbocycles. The molecule has 4 nitrogen and oxygen atoms in total. The minimum atomic E-state index is -0.0819. The van der Waals surface area contributed by atoms with Gasteiger partial charge in [-0.1, -0.05) is 35.2 Å². The SMILES string of the molecule is O=C(NCC1(CBr)CCCCC1)c1cncnc1. The number of hydrogen-bond donors (Lipinski definition) is 1. The Morgan fingerprint density at radius 1 is 1.28 bits per heavy atom. The van der Waals surface area contributed by atoms with Crippen LogP contribution in [-0.4, -0.2) is 27.7 Å². The van der Waals surface area contributed by atoms with E-state index in [2.05, 4.69) is 31.2 Å². The normalized spacial score (nSPS) is 18.3. The fourth-order valence-corrected chi connectivity index (χ4v) is 3.20. The van der Waals surface area contributed by atoms with E-state index in [-0.39, 0.29) is 11.3 Å². The number of aromatic nitrogens is 2. The summed E-state index contributed by atoms with van der Waals surface area (Å²) < 4.78 is 0. The second kappa shape index (κ2) is 6.27. The maximum absolute atomic E-state index is 11.9. The maximum Gasteiger partial charge on any atom is 0.254 e. The topological polar surface area (TPSA) is 54.9 Å². The monoisotopic (exact) mass is 311 g/mol. The molecule has 5 heteroatoms. The molecule has 98 valence electrons. The average Bonchev–Trinajstić information content (AvgIpc) is 2.47. The molecular weight excluding hydrogens is 294 g/mol. The van der Waals surface area contributed by atoms with Gasteiger partial charge in [-0.2, -0.15) is 0 Å². The fraction of sp³-hybridized carbons (Fsp3) is 0.615. The Kier molecular flexibility index (Phi) is 4.69. The van der Waals surface area contributed by atoms with Gasteiger partial charge < -0.3 is 5.32 Å². The van der Waals surface area contributed by atoms with E-state index < -0.39 is 0 Å². The molecule has 1 aromatic rings. The van der Waals surface area contributed by atoms with Crippen LogP contribution in [0.25, 0.3) is 0 Å². The van der Waals surface area contributed by atoms with E-state index in [4.69, 9.17) is 0 Å². The van der Waals surface area contributed by atoms with Crippen LogP contribution in [0.3, 0.4) is 0 Å². The largest absolute Gasteiger partial charge is 0.351 e. The minimum Gasteiger partial charge on any atom is -0.351 e. The van der Waals surface area contributed by atoms with E-state index in [9.17, 15) is 4.79 Å². The number of halogens is 1. The molecule has 18 heavy (non-hydrogen) atoms. The summed E-state index contributed by atoms with van der Waals surface area (Å²) in [6, 6.07) is 0. The molecule has 0 radical (unpaired) electrons. The summed E-state index contributed by atoms with van der Waals surface area (Å²) in [5.41, 5.74) is 0.752. The summed E-state index contributed by atoms with van der Waals surface area (Å²) in [7, 11) is 0. The smallest absolute Gasteiger partial charge is 0.254 e. The number of carbonyl (C=O) groups excluding carboxylic acids is 1. The Morgan fingerprint density at radius 2 is 1.94 bits per heavy atom. The fourth-order valence-electron chi connectivity index (χ4n) is 2.45. The Morgan fingerprint density at radius 3 is 2.56 bits per heavy atom. The van der Waals surface area contributed by atoms with Crippen molar-refractivity contribution in [2.45, 2.75) is 32.1 Å².